The lowest BCUT2D eigenvalue weighted by Crippen LogP contribution is -2.17. The van der Waals surface area contributed by atoms with Crippen molar-refractivity contribution in [3.05, 3.63) is 70.9 Å². The molecule has 2 aromatic carbocycles. The lowest BCUT2D eigenvalue weighted by atomic mass is 9.87. The molecule has 0 unspecified atom stereocenters. The molecule has 2 heterocycles. The monoisotopic (exact) mass is 427 g/mol. The molecule has 1 aliphatic heterocycles. The summed E-state index contributed by atoms with van der Waals surface area (Å²) < 4.78 is 30.8. The van der Waals surface area contributed by atoms with E-state index < -0.39 is 10.0 Å². The van der Waals surface area contributed by atoms with E-state index in [1.807, 2.05) is 43.3 Å². The maximum atomic E-state index is 13.1. The molecule has 3 aromatic rings. The largest absolute Gasteiger partial charge is 0.263 e. The highest BCUT2D eigenvalue weighted by Crippen LogP contribution is 2.37. The molecular weight excluding hydrogens is 402 g/mol. The van der Waals surface area contributed by atoms with E-state index in [0.29, 0.717) is 5.82 Å². The second-order valence-corrected chi connectivity index (χ2v) is 11.1. The molecule has 1 aliphatic rings. The minimum atomic E-state index is -3.73. The van der Waals surface area contributed by atoms with E-state index in [-0.39, 0.29) is 10.3 Å². The van der Waals surface area contributed by atoms with Crippen LogP contribution in [0.1, 0.15) is 43.2 Å². The van der Waals surface area contributed by atoms with E-state index in [1.165, 1.54) is 0 Å². The van der Waals surface area contributed by atoms with Crippen molar-refractivity contribution < 1.29 is 8.42 Å². The standard InChI is InChI=1S/C22H25N3O2S2/c1-15-5-9-17(10-6-15)25-21(19-13-28-14-20(19)23-25)24-29(26,27)18-11-7-16(8-12-18)22(2,3)4/h5-12,24H,13-14H2,1-4H3. The Morgan fingerprint density at radius 1 is 1.00 bits per heavy atom. The molecule has 0 aliphatic carbocycles. The molecule has 7 heteroatoms. The highest BCUT2D eigenvalue weighted by Gasteiger charge is 2.27. The lowest BCUT2D eigenvalue weighted by Gasteiger charge is -2.19. The van der Waals surface area contributed by atoms with Crippen LogP contribution in [0.4, 0.5) is 5.82 Å². The second-order valence-electron chi connectivity index (χ2n) is 8.39. The fourth-order valence-electron chi connectivity index (χ4n) is 3.31. The zero-order valence-electron chi connectivity index (χ0n) is 17.1. The molecule has 0 radical (unpaired) electrons. The van der Waals surface area contributed by atoms with E-state index in [1.54, 1.807) is 28.6 Å². The van der Waals surface area contributed by atoms with Gasteiger partial charge in [0.15, 0.2) is 0 Å². The van der Waals surface area contributed by atoms with Gasteiger partial charge in [0.05, 0.1) is 16.3 Å². The number of anilines is 1. The first-order valence-corrected chi connectivity index (χ1v) is 12.2. The number of hydrogen-bond acceptors (Lipinski definition) is 4. The fourth-order valence-corrected chi connectivity index (χ4v) is 5.42. The van der Waals surface area contributed by atoms with Gasteiger partial charge in [-0.3, -0.25) is 4.72 Å². The van der Waals surface area contributed by atoms with Crippen LogP contribution in [0.3, 0.4) is 0 Å². The minimum absolute atomic E-state index is 0.0299. The first-order chi connectivity index (χ1) is 13.6. The van der Waals surface area contributed by atoms with Crippen molar-refractivity contribution in [1.82, 2.24) is 9.78 Å². The molecule has 0 saturated heterocycles. The Morgan fingerprint density at radius 2 is 1.66 bits per heavy atom. The van der Waals surface area contributed by atoms with Gasteiger partial charge in [0.2, 0.25) is 0 Å². The third kappa shape index (κ3) is 3.94. The molecule has 0 fully saturated rings. The van der Waals surface area contributed by atoms with E-state index in [2.05, 4.69) is 30.6 Å². The number of nitrogens with one attached hydrogen (secondary N) is 1. The quantitative estimate of drug-likeness (QED) is 0.635. The summed E-state index contributed by atoms with van der Waals surface area (Å²) in [5, 5.41) is 4.68. The Labute approximate surface area is 176 Å². The molecule has 0 spiro atoms. The number of rotatable bonds is 4. The van der Waals surface area contributed by atoms with Crippen molar-refractivity contribution in [1.29, 1.82) is 0 Å². The Kier molecular flexibility index (Phi) is 4.99. The number of sulfonamides is 1. The van der Waals surface area contributed by atoms with Crippen LogP contribution >= 0.6 is 11.8 Å². The van der Waals surface area contributed by atoms with Crippen LogP contribution in [-0.2, 0) is 26.9 Å². The van der Waals surface area contributed by atoms with Crippen LogP contribution in [-0.4, -0.2) is 18.2 Å². The van der Waals surface area contributed by atoms with Crippen molar-refractivity contribution in [3.63, 3.8) is 0 Å². The van der Waals surface area contributed by atoms with E-state index in [0.717, 1.165) is 39.6 Å². The van der Waals surface area contributed by atoms with E-state index in [9.17, 15) is 8.42 Å². The van der Waals surface area contributed by atoms with Gasteiger partial charge in [-0.15, -0.1) is 0 Å². The van der Waals surface area contributed by atoms with Crippen molar-refractivity contribution in [2.75, 3.05) is 4.72 Å². The SMILES string of the molecule is Cc1ccc(-n2nc3c(c2NS(=O)(=O)c2ccc(C(C)(C)C)cc2)CSC3)cc1. The summed E-state index contributed by atoms with van der Waals surface area (Å²) in [4.78, 5) is 0.251. The van der Waals surface area contributed by atoms with Gasteiger partial charge in [-0.25, -0.2) is 13.1 Å². The van der Waals surface area contributed by atoms with Crippen LogP contribution in [0.2, 0.25) is 0 Å². The van der Waals surface area contributed by atoms with Gasteiger partial charge in [-0.2, -0.15) is 16.9 Å². The zero-order valence-corrected chi connectivity index (χ0v) is 18.7. The number of thioether (sulfide) groups is 1. The summed E-state index contributed by atoms with van der Waals surface area (Å²) >= 11 is 1.75. The lowest BCUT2D eigenvalue weighted by molar-refractivity contribution is 0.587. The zero-order chi connectivity index (χ0) is 20.8. The summed E-state index contributed by atoms with van der Waals surface area (Å²) in [6.45, 7) is 8.34. The fraction of sp³-hybridized carbons (Fsp3) is 0.318. The molecule has 5 nitrogen and oxygen atoms in total. The van der Waals surface area contributed by atoms with Crippen molar-refractivity contribution in [2.24, 2.45) is 0 Å². The molecule has 4 rings (SSSR count). The van der Waals surface area contributed by atoms with Gasteiger partial charge in [-0.05, 0) is 42.2 Å². The number of fused-ring (bicyclic) bond motifs is 1. The topological polar surface area (TPSA) is 64.0 Å². The molecule has 0 bridgehead atoms. The highest BCUT2D eigenvalue weighted by molar-refractivity contribution is 7.98. The Balaban J connectivity index is 1.72. The first-order valence-electron chi connectivity index (χ1n) is 9.54. The maximum absolute atomic E-state index is 13.1. The van der Waals surface area contributed by atoms with Crippen LogP contribution < -0.4 is 4.72 Å². The number of hydrogen-bond donors (Lipinski definition) is 1. The van der Waals surface area contributed by atoms with E-state index in [4.69, 9.17) is 0 Å². The first kappa shape index (κ1) is 20.0. The van der Waals surface area contributed by atoms with Gasteiger partial charge >= 0.3 is 0 Å². The number of aryl methyl sites for hydroxylation is 1. The van der Waals surface area contributed by atoms with Crippen LogP contribution in [0, 0.1) is 6.92 Å². The van der Waals surface area contributed by atoms with Gasteiger partial charge in [0.1, 0.15) is 5.82 Å². The van der Waals surface area contributed by atoms with Gasteiger partial charge in [-0.1, -0.05) is 50.6 Å². The normalized spacial score (nSPS) is 14.1. The number of nitrogens with zero attached hydrogens (tertiary/aromatic N) is 2. The Hall–Kier alpha value is -2.25. The van der Waals surface area contributed by atoms with Crippen molar-refractivity contribution in [2.45, 2.75) is 49.5 Å². The highest BCUT2D eigenvalue weighted by atomic mass is 32.2. The third-order valence-corrected chi connectivity index (χ3v) is 7.42. The van der Waals surface area contributed by atoms with Crippen molar-refractivity contribution >= 4 is 27.6 Å². The molecule has 0 saturated carbocycles. The Bertz CT molecular complexity index is 1140. The maximum Gasteiger partial charge on any atom is 0.263 e. The average Bonchev–Trinajstić information content (AvgIpc) is 3.24. The molecule has 0 amide bonds. The molecule has 29 heavy (non-hydrogen) atoms. The average molecular weight is 428 g/mol. The molecular formula is C22H25N3O2S2. The molecule has 1 N–H and O–H groups in total. The summed E-state index contributed by atoms with van der Waals surface area (Å²) in [7, 11) is -3.73. The van der Waals surface area contributed by atoms with Gasteiger partial charge in [0, 0.05) is 17.1 Å². The molecule has 0 atom stereocenters. The van der Waals surface area contributed by atoms with Crippen LogP contribution in [0.15, 0.2) is 53.4 Å². The third-order valence-electron chi connectivity index (χ3n) is 5.09. The summed E-state index contributed by atoms with van der Waals surface area (Å²) in [5.41, 5.74) is 4.96. The summed E-state index contributed by atoms with van der Waals surface area (Å²) in [5.74, 6) is 2.08. The minimum Gasteiger partial charge on any atom is -0.263 e. The molecule has 152 valence electrons. The predicted octanol–water partition coefficient (Wildman–Crippen LogP) is 5.03. The van der Waals surface area contributed by atoms with Crippen LogP contribution in [0.25, 0.3) is 5.69 Å². The number of aromatic nitrogens is 2. The smallest absolute Gasteiger partial charge is 0.263 e. The predicted molar refractivity (Wildman–Crippen MR) is 119 cm³/mol. The van der Waals surface area contributed by atoms with Gasteiger partial charge < -0.3 is 0 Å². The summed E-state index contributed by atoms with van der Waals surface area (Å²) in [6, 6.07) is 15.0. The summed E-state index contributed by atoms with van der Waals surface area (Å²) in [6.07, 6.45) is 0. The second kappa shape index (κ2) is 7.22. The Morgan fingerprint density at radius 3 is 2.28 bits per heavy atom. The number of benzene rings is 2. The van der Waals surface area contributed by atoms with E-state index >= 15 is 0 Å². The van der Waals surface area contributed by atoms with Gasteiger partial charge in [0.25, 0.3) is 10.0 Å². The van der Waals surface area contributed by atoms with Crippen LogP contribution in [0.5, 0.6) is 0 Å². The molecule has 1 aromatic heterocycles. The van der Waals surface area contributed by atoms with Crippen molar-refractivity contribution in [3.8, 4) is 5.69 Å².